The van der Waals surface area contributed by atoms with Gasteiger partial charge in [0, 0.05) is 13.0 Å². The highest BCUT2D eigenvalue weighted by molar-refractivity contribution is 5.91. The SMILES string of the molecule is CCCc1ccc(NC(C)=O)c([N+](=O)[O-])c1. The van der Waals surface area contributed by atoms with Crippen LogP contribution in [0.2, 0.25) is 0 Å². The number of hydrogen-bond acceptors (Lipinski definition) is 3. The Morgan fingerprint density at radius 3 is 2.69 bits per heavy atom. The number of nitrogens with one attached hydrogen (secondary N) is 1. The van der Waals surface area contributed by atoms with Crippen molar-refractivity contribution in [1.82, 2.24) is 0 Å². The largest absolute Gasteiger partial charge is 0.321 e. The van der Waals surface area contributed by atoms with Crippen LogP contribution in [0.4, 0.5) is 11.4 Å². The lowest BCUT2D eigenvalue weighted by molar-refractivity contribution is -0.384. The van der Waals surface area contributed by atoms with Crippen LogP contribution in [-0.4, -0.2) is 10.8 Å². The average molecular weight is 222 g/mol. The van der Waals surface area contributed by atoms with Gasteiger partial charge < -0.3 is 5.32 Å². The van der Waals surface area contributed by atoms with E-state index in [4.69, 9.17) is 0 Å². The van der Waals surface area contributed by atoms with Crippen molar-refractivity contribution in [2.24, 2.45) is 0 Å². The molecule has 5 nitrogen and oxygen atoms in total. The Hall–Kier alpha value is -1.91. The third-order valence-electron chi connectivity index (χ3n) is 2.11. The van der Waals surface area contributed by atoms with Crippen LogP contribution in [-0.2, 0) is 11.2 Å². The van der Waals surface area contributed by atoms with E-state index in [0.29, 0.717) is 0 Å². The number of carbonyl (C=O) groups is 1. The summed E-state index contributed by atoms with van der Waals surface area (Å²) in [5, 5.41) is 13.3. The van der Waals surface area contributed by atoms with E-state index in [1.807, 2.05) is 6.92 Å². The Labute approximate surface area is 93.6 Å². The van der Waals surface area contributed by atoms with Gasteiger partial charge in [-0.25, -0.2) is 0 Å². The zero-order chi connectivity index (χ0) is 12.1. The van der Waals surface area contributed by atoms with Crippen LogP contribution >= 0.6 is 0 Å². The van der Waals surface area contributed by atoms with E-state index in [0.717, 1.165) is 18.4 Å². The summed E-state index contributed by atoms with van der Waals surface area (Å²) in [5.41, 5.74) is 1.10. The summed E-state index contributed by atoms with van der Waals surface area (Å²) in [6.45, 7) is 3.33. The van der Waals surface area contributed by atoms with Crippen LogP contribution in [0.1, 0.15) is 25.8 Å². The molecule has 0 saturated carbocycles. The molecule has 16 heavy (non-hydrogen) atoms. The van der Waals surface area contributed by atoms with E-state index in [-0.39, 0.29) is 17.3 Å². The number of nitro groups is 1. The van der Waals surface area contributed by atoms with Gasteiger partial charge in [-0.1, -0.05) is 19.4 Å². The molecular weight excluding hydrogens is 208 g/mol. The van der Waals surface area contributed by atoms with Gasteiger partial charge in [0.2, 0.25) is 5.91 Å². The second-order valence-corrected chi connectivity index (χ2v) is 3.54. The Bertz CT molecular complexity index is 416. The van der Waals surface area contributed by atoms with Gasteiger partial charge in [0.25, 0.3) is 5.69 Å². The van der Waals surface area contributed by atoms with Gasteiger partial charge in [0.1, 0.15) is 5.69 Å². The summed E-state index contributed by atoms with van der Waals surface area (Å²) in [7, 11) is 0. The normalized spacial score (nSPS) is 9.88. The van der Waals surface area contributed by atoms with Crippen molar-refractivity contribution in [2.45, 2.75) is 26.7 Å². The van der Waals surface area contributed by atoms with Gasteiger partial charge in [0.15, 0.2) is 0 Å². The van der Waals surface area contributed by atoms with Crippen molar-refractivity contribution in [2.75, 3.05) is 5.32 Å². The molecule has 0 fully saturated rings. The molecule has 0 aromatic heterocycles. The summed E-state index contributed by atoms with van der Waals surface area (Å²) in [6.07, 6.45) is 1.72. The summed E-state index contributed by atoms with van der Waals surface area (Å²) in [6, 6.07) is 4.88. The number of nitro benzene ring substituents is 1. The summed E-state index contributed by atoms with van der Waals surface area (Å²) < 4.78 is 0. The number of aryl methyl sites for hydroxylation is 1. The fourth-order valence-electron chi connectivity index (χ4n) is 1.47. The van der Waals surface area contributed by atoms with E-state index in [1.165, 1.54) is 13.0 Å². The number of nitrogens with zero attached hydrogens (tertiary/aromatic N) is 1. The molecule has 0 aliphatic carbocycles. The van der Waals surface area contributed by atoms with E-state index >= 15 is 0 Å². The van der Waals surface area contributed by atoms with Gasteiger partial charge in [-0.2, -0.15) is 0 Å². The zero-order valence-corrected chi connectivity index (χ0v) is 9.32. The highest BCUT2D eigenvalue weighted by Gasteiger charge is 2.14. The standard InChI is InChI=1S/C11H14N2O3/c1-3-4-9-5-6-10(12-8(2)14)11(7-9)13(15)16/h5-7H,3-4H2,1-2H3,(H,12,14). The summed E-state index contributed by atoms with van der Waals surface area (Å²) in [5.74, 6) is -0.314. The molecule has 0 aliphatic heterocycles. The molecule has 0 heterocycles. The first-order valence-corrected chi connectivity index (χ1v) is 5.09. The van der Waals surface area contributed by atoms with Crippen LogP contribution in [0.3, 0.4) is 0 Å². The van der Waals surface area contributed by atoms with Crippen LogP contribution in [0.15, 0.2) is 18.2 Å². The number of amides is 1. The van der Waals surface area contributed by atoms with E-state index in [1.54, 1.807) is 12.1 Å². The van der Waals surface area contributed by atoms with Crippen LogP contribution in [0, 0.1) is 10.1 Å². The van der Waals surface area contributed by atoms with Gasteiger partial charge in [-0.3, -0.25) is 14.9 Å². The number of benzene rings is 1. The summed E-state index contributed by atoms with van der Waals surface area (Å²) >= 11 is 0. The molecule has 0 bridgehead atoms. The lowest BCUT2D eigenvalue weighted by Gasteiger charge is -2.05. The molecule has 0 radical (unpaired) electrons. The van der Waals surface area contributed by atoms with E-state index in [2.05, 4.69) is 5.32 Å². The van der Waals surface area contributed by atoms with Gasteiger partial charge in [-0.15, -0.1) is 0 Å². The number of carbonyl (C=O) groups excluding carboxylic acids is 1. The molecule has 0 atom stereocenters. The minimum atomic E-state index is -0.482. The first kappa shape index (κ1) is 12.2. The lowest BCUT2D eigenvalue weighted by Crippen LogP contribution is -2.08. The fourth-order valence-corrected chi connectivity index (χ4v) is 1.47. The zero-order valence-electron chi connectivity index (χ0n) is 9.32. The smallest absolute Gasteiger partial charge is 0.293 e. The molecule has 0 saturated heterocycles. The second kappa shape index (κ2) is 5.25. The Kier molecular flexibility index (Phi) is 3.99. The Balaban J connectivity index is 3.08. The molecule has 1 N–H and O–H groups in total. The van der Waals surface area contributed by atoms with Crippen molar-refractivity contribution in [3.05, 3.63) is 33.9 Å². The topological polar surface area (TPSA) is 72.2 Å². The second-order valence-electron chi connectivity index (χ2n) is 3.54. The third kappa shape index (κ3) is 3.05. The van der Waals surface area contributed by atoms with Gasteiger partial charge in [0.05, 0.1) is 4.92 Å². The minimum Gasteiger partial charge on any atom is -0.321 e. The quantitative estimate of drug-likeness (QED) is 0.628. The van der Waals surface area contributed by atoms with Crippen LogP contribution in [0.5, 0.6) is 0 Å². The Morgan fingerprint density at radius 2 is 2.19 bits per heavy atom. The van der Waals surface area contributed by atoms with Crippen LogP contribution in [0.25, 0.3) is 0 Å². The third-order valence-corrected chi connectivity index (χ3v) is 2.11. The maximum absolute atomic E-state index is 10.9. The van der Waals surface area contributed by atoms with Crippen molar-refractivity contribution in [3.63, 3.8) is 0 Å². The highest BCUT2D eigenvalue weighted by atomic mass is 16.6. The van der Waals surface area contributed by atoms with E-state index in [9.17, 15) is 14.9 Å². The van der Waals surface area contributed by atoms with Gasteiger partial charge in [-0.05, 0) is 18.1 Å². The molecule has 1 amide bonds. The van der Waals surface area contributed by atoms with Crippen LogP contribution < -0.4 is 5.32 Å². The Morgan fingerprint density at radius 1 is 1.50 bits per heavy atom. The average Bonchev–Trinajstić information content (AvgIpc) is 2.19. The molecule has 1 rings (SSSR count). The number of hydrogen-bond donors (Lipinski definition) is 1. The number of anilines is 1. The molecule has 0 spiro atoms. The molecule has 0 aliphatic rings. The molecule has 0 unspecified atom stereocenters. The predicted octanol–water partition coefficient (Wildman–Crippen LogP) is 2.51. The molecule has 5 heteroatoms. The predicted molar refractivity (Wildman–Crippen MR) is 61.4 cm³/mol. The first-order chi connectivity index (χ1) is 7.54. The monoisotopic (exact) mass is 222 g/mol. The maximum atomic E-state index is 10.9. The maximum Gasteiger partial charge on any atom is 0.293 e. The molecule has 86 valence electrons. The number of rotatable bonds is 4. The summed E-state index contributed by atoms with van der Waals surface area (Å²) in [4.78, 5) is 21.2. The van der Waals surface area contributed by atoms with Crippen molar-refractivity contribution < 1.29 is 9.72 Å². The molecule has 1 aromatic rings. The van der Waals surface area contributed by atoms with Crippen molar-refractivity contribution >= 4 is 17.3 Å². The van der Waals surface area contributed by atoms with Gasteiger partial charge >= 0.3 is 0 Å². The van der Waals surface area contributed by atoms with Crippen molar-refractivity contribution in [3.8, 4) is 0 Å². The molecule has 1 aromatic carbocycles. The molecular formula is C11H14N2O3. The lowest BCUT2D eigenvalue weighted by atomic mass is 10.1. The van der Waals surface area contributed by atoms with E-state index < -0.39 is 4.92 Å². The fraction of sp³-hybridized carbons (Fsp3) is 0.364. The first-order valence-electron chi connectivity index (χ1n) is 5.09. The van der Waals surface area contributed by atoms with Crippen molar-refractivity contribution in [1.29, 1.82) is 0 Å². The minimum absolute atomic E-state index is 0.0545. The highest BCUT2D eigenvalue weighted by Crippen LogP contribution is 2.25.